The van der Waals surface area contributed by atoms with E-state index in [1.54, 1.807) is 30.6 Å². The fourth-order valence-electron chi connectivity index (χ4n) is 3.36. The smallest absolute Gasteiger partial charge is 0.220 e. The Morgan fingerprint density at radius 1 is 1.06 bits per heavy atom. The summed E-state index contributed by atoms with van der Waals surface area (Å²) in [7, 11) is 0. The lowest BCUT2D eigenvalue weighted by molar-refractivity contribution is -0.121. The van der Waals surface area contributed by atoms with Crippen LogP contribution in [0.15, 0.2) is 67.0 Å². The molecule has 31 heavy (non-hydrogen) atoms. The molecule has 1 atom stereocenters. The topological polar surface area (TPSA) is 64.0 Å². The third-order valence-corrected chi connectivity index (χ3v) is 6.21. The molecule has 1 N–H and O–H groups in total. The summed E-state index contributed by atoms with van der Waals surface area (Å²) < 4.78 is 15.9. The number of para-hydroxylation sites is 2. The van der Waals surface area contributed by atoms with E-state index in [0.717, 1.165) is 16.6 Å². The molecule has 2 heterocycles. The standard InChI is InChI=1S/C23H19ClFN3O2S/c24-22-11-10-21(31-22)20(29)9-12-23(30)27-18(15-5-7-16(25)8-6-15)13-28-14-26-17-3-1-2-4-19(17)28/h1-8,10-11,14,18H,9,12-13H2,(H,27,30). The second kappa shape index (κ2) is 9.41. The van der Waals surface area contributed by atoms with Crippen molar-refractivity contribution < 1.29 is 14.0 Å². The molecule has 0 bridgehead atoms. The number of halogens is 2. The number of thiophene rings is 1. The fraction of sp³-hybridized carbons (Fsp3) is 0.174. The van der Waals surface area contributed by atoms with Gasteiger partial charge in [-0.3, -0.25) is 9.59 Å². The third kappa shape index (κ3) is 5.18. The Balaban J connectivity index is 1.48. The molecule has 0 spiro atoms. The van der Waals surface area contributed by atoms with Gasteiger partial charge in [-0.1, -0.05) is 35.9 Å². The minimum absolute atomic E-state index is 0.0523. The Morgan fingerprint density at radius 3 is 2.58 bits per heavy atom. The van der Waals surface area contributed by atoms with Crippen molar-refractivity contribution in [3.63, 3.8) is 0 Å². The summed E-state index contributed by atoms with van der Waals surface area (Å²) in [5.41, 5.74) is 2.56. The Labute approximate surface area is 187 Å². The number of nitrogens with one attached hydrogen (secondary N) is 1. The molecule has 2 aromatic heterocycles. The second-order valence-electron chi connectivity index (χ2n) is 7.08. The summed E-state index contributed by atoms with van der Waals surface area (Å²) in [5.74, 6) is -0.720. The highest BCUT2D eigenvalue weighted by Crippen LogP contribution is 2.23. The van der Waals surface area contributed by atoms with Crippen molar-refractivity contribution in [2.45, 2.75) is 25.4 Å². The lowest BCUT2D eigenvalue weighted by Gasteiger charge is -2.20. The van der Waals surface area contributed by atoms with Gasteiger partial charge < -0.3 is 9.88 Å². The van der Waals surface area contributed by atoms with Crippen molar-refractivity contribution in [2.24, 2.45) is 0 Å². The first-order chi connectivity index (χ1) is 15.0. The maximum atomic E-state index is 13.4. The molecule has 0 aliphatic carbocycles. The molecular formula is C23H19ClFN3O2S. The number of Topliss-reactive ketones (excluding diaryl/α,β-unsaturated/α-hetero) is 1. The van der Waals surface area contributed by atoms with E-state index in [1.165, 1.54) is 23.5 Å². The van der Waals surface area contributed by atoms with Gasteiger partial charge in [0.15, 0.2) is 5.78 Å². The summed E-state index contributed by atoms with van der Waals surface area (Å²) >= 11 is 7.08. The number of aromatic nitrogens is 2. The molecule has 8 heteroatoms. The molecule has 0 aliphatic rings. The SMILES string of the molecule is O=C(CCC(=O)c1ccc(Cl)s1)NC(Cn1cnc2ccccc21)c1ccc(F)cc1. The number of hydrogen-bond donors (Lipinski definition) is 1. The van der Waals surface area contributed by atoms with Crippen LogP contribution in [-0.4, -0.2) is 21.2 Å². The van der Waals surface area contributed by atoms with Crippen molar-refractivity contribution in [2.75, 3.05) is 0 Å². The highest BCUT2D eigenvalue weighted by atomic mass is 35.5. The lowest BCUT2D eigenvalue weighted by atomic mass is 10.1. The van der Waals surface area contributed by atoms with Gasteiger partial charge in [0.05, 0.1) is 32.6 Å². The number of nitrogens with zero attached hydrogens (tertiary/aromatic N) is 2. The average Bonchev–Trinajstić information content (AvgIpc) is 3.39. The van der Waals surface area contributed by atoms with E-state index >= 15 is 0 Å². The fourth-order valence-corrected chi connectivity index (χ4v) is 4.37. The first kappa shape index (κ1) is 21.2. The zero-order valence-corrected chi connectivity index (χ0v) is 18.0. The normalized spacial score (nSPS) is 12.1. The zero-order chi connectivity index (χ0) is 21.8. The molecule has 4 aromatic rings. The number of amides is 1. The molecule has 2 aromatic carbocycles. The van der Waals surface area contributed by atoms with Crippen LogP contribution in [0.4, 0.5) is 4.39 Å². The summed E-state index contributed by atoms with van der Waals surface area (Å²) in [6.07, 6.45) is 1.86. The predicted octanol–water partition coefficient (Wildman–Crippen LogP) is 5.41. The van der Waals surface area contributed by atoms with Gasteiger partial charge in [0.25, 0.3) is 0 Å². The number of carbonyl (C=O) groups is 2. The maximum Gasteiger partial charge on any atom is 0.220 e. The zero-order valence-electron chi connectivity index (χ0n) is 16.4. The van der Waals surface area contributed by atoms with Gasteiger partial charge in [-0.05, 0) is 42.0 Å². The quantitative estimate of drug-likeness (QED) is 0.361. The van der Waals surface area contributed by atoms with Crippen LogP contribution in [0.1, 0.15) is 34.1 Å². The van der Waals surface area contributed by atoms with Gasteiger partial charge in [-0.15, -0.1) is 11.3 Å². The van der Waals surface area contributed by atoms with Gasteiger partial charge in [-0.2, -0.15) is 0 Å². The van der Waals surface area contributed by atoms with Crippen LogP contribution in [0.5, 0.6) is 0 Å². The van der Waals surface area contributed by atoms with Crippen molar-refractivity contribution >= 4 is 45.7 Å². The Morgan fingerprint density at radius 2 is 1.84 bits per heavy atom. The largest absolute Gasteiger partial charge is 0.347 e. The van der Waals surface area contributed by atoms with Gasteiger partial charge in [0.1, 0.15) is 5.82 Å². The van der Waals surface area contributed by atoms with E-state index < -0.39 is 6.04 Å². The number of imidazole rings is 1. The van der Waals surface area contributed by atoms with Crippen LogP contribution in [-0.2, 0) is 11.3 Å². The number of fused-ring (bicyclic) bond motifs is 1. The van der Waals surface area contributed by atoms with Gasteiger partial charge in [-0.25, -0.2) is 9.37 Å². The summed E-state index contributed by atoms with van der Waals surface area (Å²) in [5, 5.41) is 2.98. The first-order valence-electron chi connectivity index (χ1n) is 9.73. The molecule has 0 fully saturated rings. The van der Waals surface area contributed by atoms with Crippen LogP contribution in [0, 0.1) is 5.82 Å². The number of carbonyl (C=O) groups excluding carboxylic acids is 2. The highest BCUT2D eigenvalue weighted by Gasteiger charge is 2.18. The average molecular weight is 456 g/mol. The summed E-state index contributed by atoms with van der Waals surface area (Å²) in [6, 6.07) is 16.7. The lowest BCUT2D eigenvalue weighted by Crippen LogP contribution is -2.31. The van der Waals surface area contributed by atoms with E-state index in [2.05, 4.69) is 10.3 Å². The molecule has 0 saturated carbocycles. The minimum Gasteiger partial charge on any atom is -0.347 e. The predicted molar refractivity (Wildman–Crippen MR) is 120 cm³/mol. The summed E-state index contributed by atoms with van der Waals surface area (Å²) in [6.45, 7) is 0.423. The molecule has 158 valence electrons. The van der Waals surface area contributed by atoms with Crippen LogP contribution >= 0.6 is 22.9 Å². The minimum atomic E-state index is -0.406. The maximum absolute atomic E-state index is 13.4. The van der Waals surface area contributed by atoms with Crippen LogP contribution in [0.2, 0.25) is 4.34 Å². The van der Waals surface area contributed by atoms with Crippen molar-refractivity contribution in [1.82, 2.24) is 14.9 Å². The molecular weight excluding hydrogens is 437 g/mol. The Kier molecular flexibility index (Phi) is 6.44. The highest BCUT2D eigenvalue weighted by molar-refractivity contribution is 7.18. The molecule has 0 aliphatic heterocycles. The van der Waals surface area contributed by atoms with Crippen molar-refractivity contribution in [1.29, 1.82) is 0 Å². The first-order valence-corrected chi connectivity index (χ1v) is 10.9. The second-order valence-corrected chi connectivity index (χ2v) is 8.80. The van der Waals surface area contributed by atoms with E-state index in [9.17, 15) is 14.0 Å². The molecule has 1 amide bonds. The number of hydrogen-bond acceptors (Lipinski definition) is 4. The van der Waals surface area contributed by atoms with E-state index in [4.69, 9.17) is 11.6 Å². The van der Waals surface area contributed by atoms with Crippen LogP contribution in [0.3, 0.4) is 0 Å². The number of rotatable bonds is 8. The third-order valence-electron chi connectivity index (χ3n) is 4.94. The summed E-state index contributed by atoms with van der Waals surface area (Å²) in [4.78, 5) is 29.8. The van der Waals surface area contributed by atoms with E-state index in [1.807, 2.05) is 28.8 Å². The number of benzene rings is 2. The molecule has 5 nitrogen and oxygen atoms in total. The van der Waals surface area contributed by atoms with Crippen LogP contribution in [0.25, 0.3) is 11.0 Å². The molecule has 0 radical (unpaired) electrons. The van der Waals surface area contributed by atoms with Crippen molar-refractivity contribution in [3.8, 4) is 0 Å². The Hall–Kier alpha value is -3.03. The number of ketones is 1. The van der Waals surface area contributed by atoms with Crippen LogP contribution < -0.4 is 5.32 Å². The van der Waals surface area contributed by atoms with Gasteiger partial charge in [0.2, 0.25) is 5.91 Å². The van der Waals surface area contributed by atoms with Gasteiger partial charge >= 0.3 is 0 Å². The van der Waals surface area contributed by atoms with E-state index in [0.29, 0.717) is 15.8 Å². The van der Waals surface area contributed by atoms with Gasteiger partial charge in [0, 0.05) is 19.4 Å². The van der Waals surface area contributed by atoms with E-state index in [-0.39, 0.29) is 30.3 Å². The molecule has 1 unspecified atom stereocenters. The molecule has 0 saturated heterocycles. The van der Waals surface area contributed by atoms with Crippen molar-refractivity contribution in [3.05, 3.63) is 87.6 Å². The monoisotopic (exact) mass is 455 g/mol. The molecule has 4 rings (SSSR count). The Bertz CT molecular complexity index is 1220.